The molecule has 2 aliphatic carbocycles. The van der Waals surface area contributed by atoms with Gasteiger partial charge in [0.25, 0.3) is 0 Å². The molecule has 1 aromatic rings. The second kappa shape index (κ2) is 10.1. The maximum Gasteiger partial charge on any atom is 0.314 e. The van der Waals surface area contributed by atoms with Crippen LogP contribution in [0.15, 0.2) is 24.3 Å². The van der Waals surface area contributed by atoms with Crippen molar-refractivity contribution < 1.29 is 19.1 Å². The van der Waals surface area contributed by atoms with Crippen molar-refractivity contribution in [2.45, 2.75) is 78.1 Å². The van der Waals surface area contributed by atoms with Crippen LogP contribution >= 0.6 is 0 Å². The van der Waals surface area contributed by atoms with E-state index in [0.717, 1.165) is 43.4 Å². The first-order valence-corrected chi connectivity index (χ1v) is 11.0. The summed E-state index contributed by atoms with van der Waals surface area (Å²) in [7, 11) is 0. The number of hydrogen-bond donors (Lipinski definition) is 0. The van der Waals surface area contributed by atoms with E-state index < -0.39 is 0 Å². The van der Waals surface area contributed by atoms with Crippen molar-refractivity contribution in [3.8, 4) is 11.5 Å². The summed E-state index contributed by atoms with van der Waals surface area (Å²) in [5.41, 5.74) is 0. The van der Waals surface area contributed by atoms with Crippen molar-refractivity contribution in [3.63, 3.8) is 0 Å². The first kappa shape index (κ1) is 20.9. The Kier molecular flexibility index (Phi) is 7.52. The van der Waals surface area contributed by atoms with E-state index in [1.54, 1.807) is 24.3 Å². The molecule has 1 aromatic carbocycles. The average Bonchev–Trinajstić information content (AvgIpc) is 2.70. The van der Waals surface area contributed by atoms with Crippen molar-refractivity contribution in [2.75, 3.05) is 0 Å². The highest BCUT2D eigenvalue weighted by Gasteiger charge is 2.33. The van der Waals surface area contributed by atoms with Crippen LogP contribution < -0.4 is 9.47 Å². The number of hydrogen-bond acceptors (Lipinski definition) is 4. The molecule has 2 aliphatic rings. The monoisotopic (exact) mass is 386 g/mol. The van der Waals surface area contributed by atoms with Crippen LogP contribution in [0.4, 0.5) is 0 Å². The summed E-state index contributed by atoms with van der Waals surface area (Å²) in [6.07, 6.45) is 12.5. The zero-order chi connectivity index (χ0) is 19.9. The van der Waals surface area contributed by atoms with E-state index in [1.165, 1.54) is 45.4 Å². The van der Waals surface area contributed by atoms with Gasteiger partial charge in [0.15, 0.2) is 0 Å². The molecule has 4 heteroatoms. The summed E-state index contributed by atoms with van der Waals surface area (Å²) in [6, 6.07) is 6.65. The number of esters is 2. The zero-order valence-electron chi connectivity index (χ0n) is 17.3. The molecule has 3 rings (SSSR count). The van der Waals surface area contributed by atoms with Crippen molar-refractivity contribution in [2.24, 2.45) is 23.7 Å². The Morgan fingerprint density at radius 2 is 1.32 bits per heavy atom. The van der Waals surface area contributed by atoms with Crippen LogP contribution in [0.2, 0.25) is 0 Å². The third kappa shape index (κ3) is 5.83. The Balaban J connectivity index is 1.42. The van der Waals surface area contributed by atoms with E-state index >= 15 is 0 Å². The SMILES string of the molecule is CCCC1CCC(C2CCC(C(=O)Oc3ccc(OC(C)=O)cc3)CC2)CC1. The van der Waals surface area contributed by atoms with E-state index in [0.29, 0.717) is 11.5 Å². The molecule has 0 N–H and O–H groups in total. The van der Waals surface area contributed by atoms with Crippen LogP contribution in [0.3, 0.4) is 0 Å². The van der Waals surface area contributed by atoms with Crippen LogP contribution in [0.25, 0.3) is 0 Å². The molecule has 4 nitrogen and oxygen atoms in total. The third-order valence-corrected chi connectivity index (χ3v) is 6.66. The van der Waals surface area contributed by atoms with E-state index in [1.807, 2.05) is 0 Å². The van der Waals surface area contributed by atoms with Crippen LogP contribution in [-0.2, 0) is 9.59 Å². The molecule has 0 amide bonds. The minimum absolute atomic E-state index is 0.0147. The molecule has 0 aliphatic heterocycles. The van der Waals surface area contributed by atoms with E-state index in [4.69, 9.17) is 9.47 Å². The van der Waals surface area contributed by atoms with Gasteiger partial charge in [-0.25, -0.2) is 0 Å². The molecule has 154 valence electrons. The van der Waals surface area contributed by atoms with Crippen molar-refractivity contribution in [3.05, 3.63) is 24.3 Å². The standard InChI is InChI=1S/C24H34O4/c1-3-4-18-5-7-19(8-6-18)20-9-11-21(12-10-20)24(26)28-23-15-13-22(14-16-23)27-17(2)25/h13-16,18-21H,3-12H2,1-2H3. The van der Waals surface area contributed by atoms with Gasteiger partial charge >= 0.3 is 11.9 Å². The van der Waals surface area contributed by atoms with Gasteiger partial charge < -0.3 is 9.47 Å². The molecule has 0 aromatic heterocycles. The Morgan fingerprint density at radius 3 is 1.82 bits per heavy atom. The molecular formula is C24H34O4. The molecule has 0 radical (unpaired) electrons. The Bertz CT molecular complexity index is 635. The summed E-state index contributed by atoms with van der Waals surface area (Å²) < 4.78 is 10.6. The van der Waals surface area contributed by atoms with E-state index in [2.05, 4.69) is 6.92 Å². The van der Waals surface area contributed by atoms with Gasteiger partial charge in [-0.15, -0.1) is 0 Å². The lowest BCUT2D eigenvalue weighted by molar-refractivity contribution is -0.140. The first-order valence-electron chi connectivity index (χ1n) is 11.0. The van der Waals surface area contributed by atoms with Gasteiger partial charge in [-0.1, -0.05) is 32.6 Å². The van der Waals surface area contributed by atoms with Crippen LogP contribution in [0.1, 0.15) is 78.1 Å². The second-order valence-corrected chi connectivity index (χ2v) is 8.67. The Labute approximate surface area is 169 Å². The predicted octanol–water partition coefficient (Wildman–Crippen LogP) is 5.93. The molecule has 0 spiro atoms. The number of carbonyl (C=O) groups is 2. The van der Waals surface area contributed by atoms with Crippen LogP contribution in [0, 0.1) is 23.7 Å². The number of ether oxygens (including phenoxy) is 2. The number of carbonyl (C=O) groups excluding carboxylic acids is 2. The fourth-order valence-corrected chi connectivity index (χ4v) is 5.12. The summed E-state index contributed by atoms with van der Waals surface area (Å²) in [4.78, 5) is 23.5. The molecule has 2 saturated carbocycles. The summed E-state index contributed by atoms with van der Waals surface area (Å²) in [5.74, 6) is 3.14. The smallest absolute Gasteiger partial charge is 0.314 e. The van der Waals surface area contributed by atoms with E-state index in [-0.39, 0.29) is 17.9 Å². The maximum absolute atomic E-state index is 12.5. The van der Waals surface area contributed by atoms with Gasteiger partial charge in [0.05, 0.1) is 5.92 Å². The molecule has 0 bridgehead atoms. The lowest BCUT2D eigenvalue weighted by Gasteiger charge is -2.37. The predicted molar refractivity (Wildman–Crippen MR) is 109 cm³/mol. The largest absolute Gasteiger partial charge is 0.427 e. The van der Waals surface area contributed by atoms with Gasteiger partial charge in [0, 0.05) is 6.92 Å². The third-order valence-electron chi connectivity index (χ3n) is 6.66. The highest BCUT2D eigenvalue weighted by molar-refractivity contribution is 5.75. The van der Waals surface area contributed by atoms with E-state index in [9.17, 15) is 9.59 Å². The molecule has 0 atom stereocenters. The second-order valence-electron chi connectivity index (χ2n) is 8.67. The van der Waals surface area contributed by atoms with Crippen molar-refractivity contribution in [1.82, 2.24) is 0 Å². The summed E-state index contributed by atoms with van der Waals surface area (Å²) >= 11 is 0. The normalized spacial score (nSPS) is 27.8. The topological polar surface area (TPSA) is 52.6 Å². The molecule has 0 heterocycles. The average molecular weight is 387 g/mol. The van der Waals surface area contributed by atoms with Crippen LogP contribution in [0.5, 0.6) is 11.5 Å². The van der Waals surface area contributed by atoms with Gasteiger partial charge in [0.1, 0.15) is 11.5 Å². The Hall–Kier alpha value is -1.84. The molecule has 0 saturated heterocycles. The molecular weight excluding hydrogens is 352 g/mol. The first-order chi connectivity index (χ1) is 13.5. The van der Waals surface area contributed by atoms with Crippen molar-refractivity contribution in [1.29, 1.82) is 0 Å². The zero-order valence-corrected chi connectivity index (χ0v) is 17.3. The molecule has 28 heavy (non-hydrogen) atoms. The van der Waals surface area contributed by atoms with Crippen molar-refractivity contribution >= 4 is 11.9 Å². The minimum Gasteiger partial charge on any atom is -0.427 e. The Morgan fingerprint density at radius 1 is 0.821 bits per heavy atom. The lowest BCUT2D eigenvalue weighted by atomic mass is 9.69. The summed E-state index contributed by atoms with van der Waals surface area (Å²) in [6.45, 7) is 3.65. The van der Waals surface area contributed by atoms with Gasteiger partial charge in [-0.3, -0.25) is 9.59 Å². The highest BCUT2D eigenvalue weighted by Crippen LogP contribution is 2.42. The molecule has 2 fully saturated rings. The van der Waals surface area contributed by atoms with Gasteiger partial charge in [-0.05, 0) is 80.5 Å². The fourth-order valence-electron chi connectivity index (χ4n) is 5.12. The molecule has 0 unspecified atom stereocenters. The quantitative estimate of drug-likeness (QED) is 0.449. The van der Waals surface area contributed by atoms with Gasteiger partial charge in [-0.2, -0.15) is 0 Å². The van der Waals surface area contributed by atoms with Gasteiger partial charge in [0.2, 0.25) is 0 Å². The number of rotatable bonds is 6. The highest BCUT2D eigenvalue weighted by atomic mass is 16.5. The summed E-state index contributed by atoms with van der Waals surface area (Å²) in [5, 5.41) is 0. The number of benzene rings is 1. The lowest BCUT2D eigenvalue weighted by Crippen LogP contribution is -2.30. The fraction of sp³-hybridized carbons (Fsp3) is 0.667. The van der Waals surface area contributed by atoms with Crippen LogP contribution in [-0.4, -0.2) is 11.9 Å². The minimum atomic E-state index is -0.361. The maximum atomic E-state index is 12.5.